The van der Waals surface area contributed by atoms with E-state index in [1.165, 1.54) is 52.0 Å². The molecule has 1 aliphatic heterocycles. The molecule has 176 valence electrons. The Hall–Kier alpha value is -3.08. The van der Waals surface area contributed by atoms with Crippen LogP contribution < -0.4 is 5.32 Å². The highest BCUT2D eigenvalue weighted by Gasteiger charge is 2.25. The van der Waals surface area contributed by atoms with Gasteiger partial charge in [0.1, 0.15) is 17.3 Å². The number of rotatable bonds is 5. The zero-order valence-corrected chi connectivity index (χ0v) is 19.9. The first kappa shape index (κ1) is 22.7. The molecule has 7 nitrogen and oxygen atoms in total. The van der Waals surface area contributed by atoms with Gasteiger partial charge in [0.05, 0.1) is 4.90 Å². The Kier molecular flexibility index (Phi) is 6.20. The number of imidazole rings is 1. The number of aromatic nitrogens is 2. The van der Waals surface area contributed by atoms with Crippen molar-refractivity contribution in [1.29, 1.82) is 0 Å². The SMILES string of the molecule is O=C(Nc1c(-c2ccc(F)cc2)nc2sccn12)c1ccc(S(=O)(=O)N2CCCCCC2)cc1. The Morgan fingerprint density at radius 1 is 0.971 bits per heavy atom. The summed E-state index contributed by atoms with van der Waals surface area (Å²) in [4.78, 5) is 18.5. The van der Waals surface area contributed by atoms with Crippen LogP contribution in [0.1, 0.15) is 36.0 Å². The average molecular weight is 499 g/mol. The van der Waals surface area contributed by atoms with E-state index in [4.69, 9.17) is 0 Å². The molecule has 0 bridgehead atoms. The molecule has 1 saturated heterocycles. The molecule has 1 fully saturated rings. The summed E-state index contributed by atoms with van der Waals surface area (Å²) >= 11 is 1.42. The largest absolute Gasteiger partial charge is 0.306 e. The molecule has 0 saturated carbocycles. The number of carbonyl (C=O) groups excluding carboxylic acids is 1. The molecule has 10 heteroatoms. The van der Waals surface area contributed by atoms with E-state index < -0.39 is 15.9 Å². The molecular weight excluding hydrogens is 475 g/mol. The van der Waals surface area contributed by atoms with Gasteiger partial charge in [-0.25, -0.2) is 17.8 Å². The Morgan fingerprint density at radius 3 is 2.32 bits per heavy atom. The van der Waals surface area contributed by atoms with Gasteiger partial charge in [-0.2, -0.15) is 4.31 Å². The molecule has 1 N–H and O–H groups in total. The van der Waals surface area contributed by atoms with Crippen LogP contribution >= 0.6 is 11.3 Å². The molecule has 5 rings (SSSR count). The zero-order chi connectivity index (χ0) is 23.7. The number of nitrogens with one attached hydrogen (secondary N) is 1. The fourth-order valence-electron chi connectivity index (χ4n) is 4.10. The highest BCUT2D eigenvalue weighted by atomic mass is 32.2. The molecule has 0 unspecified atom stereocenters. The first-order chi connectivity index (χ1) is 16.4. The molecule has 0 spiro atoms. The second-order valence-corrected chi connectivity index (χ2v) is 11.0. The molecular formula is C24H23FN4O3S2. The van der Waals surface area contributed by atoms with Gasteiger partial charge < -0.3 is 5.32 Å². The summed E-state index contributed by atoms with van der Waals surface area (Å²) in [6, 6.07) is 11.9. The lowest BCUT2D eigenvalue weighted by Gasteiger charge is -2.20. The maximum atomic E-state index is 13.4. The number of thiazole rings is 1. The third-order valence-electron chi connectivity index (χ3n) is 5.93. The number of anilines is 1. The number of benzene rings is 2. The highest BCUT2D eigenvalue weighted by molar-refractivity contribution is 7.89. The number of hydrogen-bond donors (Lipinski definition) is 1. The monoisotopic (exact) mass is 498 g/mol. The van der Waals surface area contributed by atoms with Crippen LogP contribution in [0.2, 0.25) is 0 Å². The molecule has 3 heterocycles. The first-order valence-corrected chi connectivity index (χ1v) is 13.4. The third-order valence-corrected chi connectivity index (χ3v) is 8.60. The normalized spacial score (nSPS) is 15.3. The Labute approximate surface area is 200 Å². The van der Waals surface area contributed by atoms with Crippen molar-refractivity contribution >= 4 is 38.0 Å². The van der Waals surface area contributed by atoms with E-state index in [2.05, 4.69) is 10.3 Å². The standard InChI is InChI=1S/C24H23FN4O3S2/c25-19-9-5-17(6-10-19)21-22(29-15-16-33-24(29)26-21)27-23(30)18-7-11-20(12-8-18)34(31,32)28-13-3-1-2-4-14-28/h5-12,15-16H,1-4,13-14H2,(H,27,30). The quantitative estimate of drug-likeness (QED) is 0.419. The molecule has 2 aromatic heterocycles. The molecule has 4 aromatic rings. The van der Waals surface area contributed by atoms with Gasteiger partial charge in [-0.05, 0) is 61.4 Å². The van der Waals surface area contributed by atoms with E-state index in [1.54, 1.807) is 22.7 Å². The van der Waals surface area contributed by atoms with Gasteiger partial charge in [-0.1, -0.05) is 12.8 Å². The highest BCUT2D eigenvalue weighted by Crippen LogP contribution is 2.31. The second kappa shape index (κ2) is 9.28. The van der Waals surface area contributed by atoms with Gasteiger partial charge in [-0.3, -0.25) is 9.20 Å². The molecule has 0 radical (unpaired) electrons. The molecule has 1 aliphatic rings. The van der Waals surface area contributed by atoms with E-state index in [0.29, 0.717) is 40.7 Å². The van der Waals surface area contributed by atoms with Crippen LogP contribution in [0, 0.1) is 5.82 Å². The van der Waals surface area contributed by atoms with Crippen LogP contribution in [0.5, 0.6) is 0 Å². The van der Waals surface area contributed by atoms with Crippen molar-refractivity contribution in [3.8, 4) is 11.3 Å². The van der Waals surface area contributed by atoms with Crippen molar-refractivity contribution in [3.05, 3.63) is 71.5 Å². The summed E-state index contributed by atoms with van der Waals surface area (Å²) in [5, 5.41) is 4.75. The fraction of sp³-hybridized carbons (Fsp3) is 0.250. The van der Waals surface area contributed by atoms with Gasteiger partial charge in [0.2, 0.25) is 10.0 Å². The number of fused-ring (bicyclic) bond motifs is 1. The lowest BCUT2D eigenvalue weighted by Crippen LogP contribution is -2.31. The predicted molar refractivity (Wildman–Crippen MR) is 130 cm³/mol. The number of carbonyl (C=O) groups is 1. The van der Waals surface area contributed by atoms with Crippen molar-refractivity contribution in [3.63, 3.8) is 0 Å². The van der Waals surface area contributed by atoms with Crippen molar-refractivity contribution in [1.82, 2.24) is 13.7 Å². The van der Waals surface area contributed by atoms with Crippen molar-refractivity contribution < 1.29 is 17.6 Å². The Bertz CT molecular complexity index is 1420. The van der Waals surface area contributed by atoms with Gasteiger partial charge >= 0.3 is 0 Å². The third kappa shape index (κ3) is 4.36. The van der Waals surface area contributed by atoms with E-state index in [9.17, 15) is 17.6 Å². The summed E-state index contributed by atoms with van der Waals surface area (Å²) in [7, 11) is -3.59. The van der Waals surface area contributed by atoms with Gasteiger partial charge in [-0.15, -0.1) is 11.3 Å². The summed E-state index contributed by atoms with van der Waals surface area (Å²) in [5.41, 5.74) is 1.53. The summed E-state index contributed by atoms with van der Waals surface area (Å²) < 4.78 is 42.7. The topological polar surface area (TPSA) is 83.8 Å². The number of sulfonamides is 1. The fourth-order valence-corrected chi connectivity index (χ4v) is 6.33. The first-order valence-electron chi connectivity index (χ1n) is 11.1. The predicted octanol–water partition coefficient (Wildman–Crippen LogP) is 5.02. The molecule has 0 atom stereocenters. The van der Waals surface area contributed by atoms with Crippen molar-refractivity contribution in [2.45, 2.75) is 30.6 Å². The molecule has 34 heavy (non-hydrogen) atoms. The minimum absolute atomic E-state index is 0.183. The van der Waals surface area contributed by atoms with E-state index >= 15 is 0 Å². The number of halogens is 1. The van der Waals surface area contributed by atoms with Crippen molar-refractivity contribution in [2.24, 2.45) is 0 Å². The van der Waals surface area contributed by atoms with Crippen LogP contribution in [0.4, 0.5) is 10.2 Å². The lowest BCUT2D eigenvalue weighted by atomic mass is 10.1. The Morgan fingerprint density at radius 2 is 1.65 bits per heavy atom. The summed E-state index contributed by atoms with van der Waals surface area (Å²) in [6.45, 7) is 1.04. The summed E-state index contributed by atoms with van der Waals surface area (Å²) in [5.74, 6) is -0.283. The molecule has 0 aliphatic carbocycles. The molecule has 1 amide bonds. The van der Waals surface area contributed by atoms with Crippen LogP contribution in [0.25, 0.3) is 16.2 Å². The lowest BCUT2D eigenvalue weighted by molar-refractivity contribution is 0.102. The van der Waals surface area contributed by atoms with Crippen LogP contribution in [0.15, 0.2) is 65.0 Å². The minimum Gasteiger partial charge on any atom is -0.306 e. The van der Waals surface area contributed by atoms with Gasteiger partial charge in [0.25, 0.3) is 5.91 Å². The summed E-state index contributed by atoms with van der Waals surface area (Å²) in [6.07, 6.45) is 5.59. The zero-order valence-electron chi connectivity index (χ0n) is 18.3. The number of hydrogen-bond acceptors (Lipinski definition) is 5. The smallest absolute Gasteiger partial charge is 0.256 e. The maximum absolute atomic E-state index is 13.4. The van der Waals surface area contributed by atoms with E-state index in [-0.39, 0.29) is 10.7 Å². The van der Waals surface area contributed by atoms with E-state index in [0.717, 1.165) is 25.7 Å². The van der Waals surface area contributed by atoms with E-state index in [1.807, 2.05) is 5.38 Å². The van der Waals surface area contributed by atoms with Crippen LogP contribution in [-0.4, -0.2) is 41.1 Å². The van der Waals surface area contributed by atoms with Crippen LogP contribution in [-0.2, 0) is 10.0 Å². The van der Waals surface area contributed by atoms with Crippen molar-refractivity contribution in [2.75, 3.05) is 18.4 Å². The minimum atomic E-state index is -3.59. The second-order valence-electron chi connectivity index (χ2n) is 8.17. The van der Waals surface area contributed by atoms with Gasteiger partial charge in [0, 0.05) is 35.8 Å². The maximum Gasteiger partial charge on any atom is 0.256 e. The number of nitrogens with zero attached hydrogens (tertiary/aromatic N) is 3. The van der Waals surface area contributed by atoms with Gasteiger partial charge in [0.15, 0.2) is 4.96 Å². The Balaban J connectivity index is 1.40. The molecule has 2 aromatic carbocycles. The van der Waals surface area contributed by atoms with Crippen LogP contribution in [0.3, 0.4) is 0 Å². The number of amides is 1. The average Bonchev–Trinajstić information content (AvgIpc) is 3.30.